The summed E-state index contributed by atoms with van der Waals surface area (Å²) in [7, 11) is 0. The molecule has 1 atom stereocenters. The fourth-order valence-corrected chi connectivity index (χ4v) is 3.51. The Bertz CT molecular complexity index is 822. The van der Waals surface area contributed by atoms with Gasteiger partial charge < -0.3 is 15.5 Å². The van der Waals surface area contributed by atoms with Crippen LogP contribution in [-0.2, 0) is 6.42 Å². The van der Waals surface area contributed by atoms with E-state index in [2.05, 4.69) is 61.3 Å². The molecule has 3 heteroatoms. The Morgan fingerprint density at radius 3 is 2.76 bits per heavy atom. The number of aromatic amines is 1. The zero-order valence-electron chi connectivity index (χ0n) is 15.2. The molecule has 0 spiro atoms. The van der Waals surface area contributed by atoms with Crippen LogP contribution in [0.25, 0.3) is 10.9 Å². The number of unbranched alkanes of at least 4 members (excludes halogenated alkanes) is 1. The van der Waals surface area contributed by atoms with Crippen molar-refractivity contribution in [3.63, 3.8) is 0 Å². The first kappa shape index (κ1) is 17.6. The third-order valence-corrected chi connectivity index (χ3v) is 4.78. The van der Waals surface area contributed by atoms with E-state index in [-0.39, 0.29) is 0 Å². The van der Waals surface area contributed by atoms with Crippen molar-refractivity contribution in [2.24, 2.45) is 5.73 Å². The molecule has 25 heavy (non-hydrogen) atoms. The van der Waals surface area contributed by atoms with E-state index in [1.165, 1.54) is 27.7 Å². The number of benzene rings is 2. The van der Waals surface area contributed by atoms with Crippen LogP contribution in [0, 0.1) is 6.92 Å². The quantitative estimate of drug-likeness (QED) is 0.572. The fourth-order valence-electron chi connectivity index (χ4n) is 3.51. The van der Waals surface area contributed by atoms with E-state index in [0.717, 1.165) is 31.6 Å². The van der Waals surface area contributed by atoms with E-state index in [1.54, 1.807) is 0 Å². The average Bonchev–Trinajstić information content (AvgIpc) is 2.96. The zero-order valence-corrected chi connectivity index (χ0v) is 15.2. The molecule has 1 aromatic heterocycles. The maximum absolute atomic E-state index is 6.16. The van der Waals surface area contributed by atoms with E-state index in [9.17, 15) is 0 Å². The predicted molar refractivity (Wildman–Crippen MR) is 105 cm³/mol. The number of aryl methyl sites for hydroxylation is 1. The molecule has 3 N–H and O–H groups in total. The fraction of sp³-hybridized carbons (Fsp3) is 0.364. The number of H-pyrrole nitrogens is 1. The lowest BCUT2D eigenvalue weighted by Crippen LogP contribution is -2.15. The first-order valence-corrected chi connectivity index (χ1v) is 9.22. The molecular formula is C22H28N2O. The van der Waals surface area contributed by atoms with Crippen LogP contribution in [0.4, 0.5) is 0 Å². The van der Waals surface area contributed by atoms with E-state index < -0.39 is 0 Å². The maximum Gasteiger partial charge on any atom is 0.119 e. The first-order chi connectivity index (χ1) is 12.2. The van der Waals surface area contributed by atoms with Crippen LogP contribution in [0.3, 0.4) is 0 Å². The lowest BCUT2D eigenvalue weighted by Gasteiger charge is -2.17. The highest BCUT2D eigenvalue weighted by Gasteiger charge is 2.18. The van der Waals surface area contributed by atoms with Crippen molar-refractivity contribution in [3.8, 4) is 5.75 Å². The number of nitrogens with one attached hydrogen (secondary N) is 1. The molecule has 3 rings (SSSR count). The SMILES string of the molecule is CCCCOc1cccc(CC(CN)c2c(C)[nH]c3ccccc23)c1. The van der Waals surface area contributed by atoms with Gasteiger partial charge in [-0.3, -0.25) is 0 Å². The summed E-state index contributed by atoms with van der Waals surface area (Å²) < 4.78 is 5.85. The Morgan fingerprint density at radius 1 is 1.12 bits per heavy atom. The summed E-state index contributed by atoms with van der Waals surface area (Å²) in [5.41, 5.74) is 11.2. The number of aromatic nitrogens is 1. The van der Waals surface area contributed by atoms with Gasteiger partial charge in [-0.1, -0.05) is 43.7 Å². The third kappa shape index (κ3) is 4.05. The van der Waals surface area contributed by atoms with Gasteiger partial charge in [0.15, 0.2) is 0 Å². The third-order valence-electron chi connectivity index (χ3n) is 4.78. The second-order valence-electron chi connectivity index (χ2n) is 6.70. The number of ether oxygens (including phenoxy) is 1. The first-order valence-electron chi connectivity index (χ1n) is 9.22. The average molecular weight is 336 g/mol. The van der Waals surface area contributed by atoms with E-state index >= 15 is 0 Å². The van der Waals surface area contributed by atoms with Crippen LogP contribution in [0.15, 0.2) is 48.5 Å². The Kier molecular flexibility index (Phi) is 5.77. The minimum absolute atomic E-state index is 0.294. The van der Waals surface area contributed by atoms with Gasteiger partial charge in [0.05, 0.1) is 6.61 Å². The Morgan fingerprint density at radius 2 is 1.96 bits per heavy atom. The summed E-state index contributed by atoms with van der Waals surface area (Å²) in [6, 6.07) is 16.9. The molecule has 1 unspecified atom stereocenters. The molecule has 0 aliphatic heterocycles. The largest absolute Gasteiger partial charge is 0.494 e. The van der Waals surface area contributed by atoms with Crippen molar-refractivity contribution in [2.45, 2.75) is 39.0 Å². The highest BCUT2D eigenvalue weighted by Crippen LogP contribution is 2.31. The van der Waals surface area contributed by atoms with Gasteiger partial charge >= 0.3 is 0 Å². The number of rotatable bonds is 8. The van der Waals surface area contributed by atoms with Crippen molar-refractivity contribution in [3.05, 3.63) is 65.4 Å². The van der Waals surface area contributed by atoms with E-state index in [0.29, 0.717) is 12.5 Å². The van der Waals surface area contributed by atoms with Gasteiger partial charge in [-0.25, -0.2) is 0 Å². The molecule has 0 saturated heterocycles. The summed E-state index contributed by atoms with van der Waals surface area (Å²) in [4.78, 5) is 3.49. The Balaban J connectivity index is 1.82. The zero-order chi connectivity index (χ0) is 17.6. The molecule has 3 aromatic rings. The molecule has 0 fully saturated rings. The Labute approximate surface area is 150 Å². The molecule has 0 aliphatic carbocycles. The van der Waals surface area contributed by atoms with Crippen LogP contribution in [-0.4, -0.2) is 18.1 Å². The molecule has 132 valence electrons. The summed E-state index contributed by atoms with van der Waals surface area (Å²) in [6.45, 7) is 5.73. The van der Waals surface area contributed by atoms with E-state index in [4.69, 9.17) is 10.5 Å². The molecule has 0 aliphatic rings. The smallest absolute Gasteiger partial charge is 0.119 e. The number of hydrogen-bond donors (Lipinski definition) is 2. The van der Waals surface area contributed by atoms with Crippen molar-refractivity contribution in [1.29, 1.82) is 0 Å². The van der Waals surface area contributed by atoms with Gasteiger partial charge in [0, 0.05) is 22.5 Å². The topological polar surface area (TPSA) is 51.0 Å². The highest BCUT2D eigenvalue weighted by atomic mass is 16.5. The van der Waals surface area contributed by atoms with Crippen molar-refractivity contribution < 1.29 is 4.74 Å². The molecule has 1 heterocycles. The number of fused-ring (bicyclic) bond motifs is 1. The molecule has 2 aromatic carbocycles. The summed E-state index contributed by atoms with van der Waals surface area (Å²) >= 11 is 0. The van der Waals surface area contributed by atoms with Gasteiger partial charge in [0.1, 0.15) is 5.75 Å². The summed E-state index contributed by atoms with van der Waals surface area (Å²) in [5, 5.41) is 1.28. The minimum Gasteiger partial charge on any atom is -0.494 e. The standard InChI is InChI=1S/C22H28N2O/c1-3-4-12-25-19-9-7-8-17(14-19)13-18(15-23)22-16(2)24-21-11-6-5-10-20(21)22/h5-11,14,18,24H,3-4,12-13,15,23H2,1-2H3. The monoisotopic (exact) mass is 336 g/mol. The van der Waals surface area contributed by atoms with Crippen LogP contribution < -0.4 is 10.5 Å². The van der Waals surface area contributed by atoms with Gasteiger partial charge in [0.25, 0.3) is 0 Å². The van der Waals surface area contributed by atoms with Crippen LogP contribution in [0.1, 0.15) is 42.5 Å². The normalized spacial score (nSPS) is 12.4. The van der Waals surface area contributed by atoms with Crippen LogP contribution in [0.5, 0.6) is 5.75 Å². The van der Waals surface area contributed by atoms with Crippen LogP contribution in [0.2, 0.25) is 0 Å². The molecule has 3 nitrogen and oxygen atoms in total. The summed E-state index contributed by atoms with van der Waals surface area (Å²) in [5.74, 6) is 1.25. The van der Waals surface area contributed by atoms with E-state index in [1.807, 2.05) is 6.07 Å². The predicted octanol–water partition coefficient (Wildman–Crippen LogP) is 4.94. The molecule has 0 saturated carbocycles. The molecule has 0 radical (unpaired) electrons. The second kappa shape index (κ2) is 8.21. The molecule has 0 amide bonds. The molecule has 0 bridgehead atoms. The summed E-state index contributed by atoms with van der Waals surface area (Å²) in [6.07, 6.45) is 3.16. The second-order valence-corrected chi connectivity index (χ2v) is 6.70. The highest BCUT2D eigenvalue weighted by molar-refractivity contribution is 5.85. The number of hydrogen-bond acceptors (Lipinski definition) is 2. The molecular weight excluding hydrogens is 308 g/mol. The minimum atomic E-state index is 0.294. The van der Waals surface area contributed by atoms with Gasteiger partial charge in [0.2, 0.25) is 0 Å². The van der Waals surface area contributed by atoms with Gasteiger partial charge in [-0.05, 0) is 55.6 Å². The lowest BCUT2D eigenvalue weighted by atomic mass is 9.90. The number of para-hydroxylation sites is 1. The Hall–Kier alpha value is -2.26. The maximum atomic E-state index is 6.16. The van der Waals surface area contributed by atoms with Gasteiger partial charge in [-0.15, -0.1) is 0 Å². The van der Waals surface area contributed by atoms with Gasteiger partial charge in [-0.2, -0.15) is 0 Å². The number of nitrogens with two attached hydrogens (primary N) is 1. The van der Waals surface area contributed by atoms with Crippen molar-refractivity contribution in [1.82, 2.24) is 4.98 Å². The lowest BCUT2D eigenvalue weighted by molar-refractivity contribution is 0.309. The van der Waals surface area contributed by atoms with Crippen molar-refractivity contribution >= 4 is 10.9 Å². The van der Waals surface area contributed by atoms with Crippen LogP contribution >= 0.6 is 0 Å². The van der Waals surface area contributed by atoms with Crippen molar-refractivity contribution in [2.75, 3.05) is 13.2 Å².